The van der Waals surface area contributed by atoms with Crippen LogP contribution in [0.5, 0.6) is 0 Å². The van der Waals surface area contributed by atoms with Crippen molar-refractivity contribution in [2.24, 2.45) is 0 Å². The SMILES string of the molecule is C=C[Si](C)(C)O[Si](OCC)(O[Si](C)(C)C=C)c1ccccc1. The van der Waals surface area contributed by atoms with Crippen LogP contribution < -0.4 is 5.19 Å². The quantitative estimate of drug-likeness (QED) is 0.633. The highest BCUT2D eigenvalue weighted by Gasteiger charge is 2.50. The largest absolute Gasteiger partial charge is 0.516 e. The lowest BCUT2D eigenvalue weighted by molar-refractivity contribution is 0.187. The summed E-state index contributed by atoms with van der Waals surface area (Å²) in [5.74, 6) is 0. The molecule has 0 aromatic heterocycles. The normalized spacial score (nSPS) is 13.0. The second-order valence-corrected chi connectivity index (χ2v) is 17.0. The van der Waals surface area contributed by atoms with Crippen molar-refractivity contribution in [3.05, 3.63) is 54.9 Å². The highest BCUT2D eigenvalue weighted by atomic mass is 28.5. The first-order valence-corrected chi connectivity index (χ1v) is 15.3. The lowest BCUT2D eigenvalue weighted by Gasteiger charge is -2.39. The topological polar surface area (TPSA) is 27.7 Å². The van der Waals surface area contributed by atoms with Gasteiger partial charge in [0.1, 0.15) is 0 Å². The van der Waals surface area contributed by atoms with Gasteiger partial charge in [-0.2, -0.15) is 0 Å². The molecule has 0 bridgehead atoms. The van der Waals surface area contributed by atoms with Crippen LogP contribution in [0.25, 0.3) is 0 Å². The third kappa shape index (κ3) is 5.15. The predicted molar refractivity (Wildman–Crippen MR) is 101 cm³/mol. The molecule has 1 aromatic carbocycles. The molecule has 0 unspecified atom stereocenters. The summed E-state index contributed by atoms with van der Waals surface area (Å²) < 4.78 is 19.2. The van der Waals surface area contributed by atoms with E-state index in [9.17, 15) is 0 Å². The zero-order valence-electron chi connectivity index (χ0n) is 14.4. The maximum atomic E-state index is 6.54. The first-order valence-electron chi connectivity index (χ1n) is 7.57. The highest BCUT2D eigenvalue weighted by Crippen LogP contribution is 2.23. The van der Waals surface area contributed by atoms with Crippen molar-refractivity contribution < 1.29 is 12.7 Å². The maximum absolute atomic E-state index is 6.54. The van der Waals surface area contributed by atoms with E-state index in [1.54, 1.807) is 0 Å². The molecule has 1 aromatic rings. The fourth-order valence-corrected chi connectivity index (χ4v) is 11.2. The van der Waals surface area contributed by atoms with E-state index >= 15 is 0 Å². The van der Waals surface area contributed by atoms with Crippen molar-refractivity contribution in [3.63, 3.8) is 0 Å². The minimum absolute atomic E-state index is 0.546. The van der Waals surface area contributed by atoms with Gasteiger partial charge in [-0.15, -0.1) is 13.2 Å². The molecule has 0 saturated carbocycles. The van der Waals surface area contributed by atoms with Crippen LogP contribution in [0.4, 0.5) is 0 Å². The Morgan fingerprint density at radius 2 is 1.36 bits per heavy atom. The van der Waals surface area contributed by atoms with E-state index in [1.807, 2.05) is 48.7 Å². The molecule has 3 nitrogen and oxygen atoms in total. The van der Waals surface area contributed by atoms with Gasteiger partial charge in [-0.3, -0.25) is 0 Å². The smallest absolute Gasteiger partial charge is 0.409 e. The first kappa shape index (κ1) is 19.3. The Hall–Kier alpha value is -0.769. The summed E-state index contributed by atoms with van der Waals surface area (Å²) in [6.07, 6.45) is 0. The molecule has 0 N–H and O–H groups in total. The lowest BCUT2D eigenvalue weighted by Crippen LogP contribution is -2.64. The minimum atomic E-state index is -3.00. The fourth-order valence-electron chi connectivity index (χ4n) is 1.89. The summed E-state index contributed by atoms with van der Waals surface area (Å²) in [5.41, 5.74) is 3.84. The van der Waals surface area contributed by atoms with Gasteiger partial charge in [-0.05, 0) is 33.1 Å². The van der Waals surface area contributed by atoms with Crippen LogP contribution >= 0.6 is 0 Å². The van der Waals surface area contributed by atoms with Crippen molar-refractivity contribution in [2.45, 2.75) is 33.1 Å². The Morgan fingerprint density at radius 3 is 1.73 bits per heavy atom. The van der Waals surface area contributed by atoms with Crippen LogP contribution in [0.2, 0.25) is 26.2 Å². The van der Waals surface area contributed by atoms with Crippen molar-refractivity contribution in [2.75, 3.05) is 6.61 Å². The maximum Gasteiger partial charge on any atom is 0.516 e. The molecule has 0 amide bonds. The Balaban J connectivity index is 3.37. The molecular formula is C16H28O3Si3. The zero-order valence-corrected chi connectivity index (χ0v) is 17.4. The molecule has 0 radical (unpaired) electrons. The van der Waals surface area contributed by atoms with Crippen LogP contribution in [0.1, 0.15) is 6.92 Å². The average Bonchev–Trinajstić information content (AvgIpc) is 2.47. The van der Waals surface area contributed by atoms with Gasteiger partial charge in [-0.1, -0.05) is 41.7 Å². The third-order valence-electron chi connectivity index (χ3n) is 3.24. The van der Waals surface area contributed by atoms with Gasteiger partial charge in [0, 0.05) is 11.8 Å². The van der Waals surface area contributed by atoms with Gasteiger partial charge in [0.25, 0.3) is 0 Å². The van der Waals surface area contributed by atoms with E-state index in [2.05, 4.69) is 39.3 Å². The summed E-state index contributed by atoms with van der Waals surface area (Å²) >= 11 is 0. The fraction of sp³-hybridized carbons (Fsp3) is 0.375. The Morgan fingerprint density at radius 1 is 0.909 bits per heavy atom. The summed E-state index contributed by atoms with van der Waals surface area (Å²) in [5, 5.41) is 1.00. The molecule has 0 fully saturated rings. The Bertz CT molecular complexity index is 479. The highest BCUT2D eigenvalue weighted by molar-refractivity contribution is 6.94. The van der Waals surface area contributed by atoms with Crippen LogP contribution in [-0.4, -0.2) is 32.0 Å². The first-order chi connectivity index (χ1) is 10.2. The van der Waals surface area contributed by atoms with Crippen LogP contribution in [0, 0.1) is 0 Å². The van der Waals surface area contributed by atoms with Gasteiger partial charge in [-0.25, -0.2) is 0 Å². The lowest BCUT2D eigenvalue weighted by atomic mass is 10.4. The monoisotopic (exact) mass is 352 g/mol. The Kier molecular flexibility index (Phi) is 6.72. The molecule has 0 saturated heterocycles. The Labute approximate surface area is 138 Å². The molecular weight excluding hydrogens is 324 g/mol. The van der Waals surface area contributed by atoms with Crippen LogP contribution in [-0.2, 0) is 12.7 Å². The number of hydrogen-bond acceptors (Lipinski definition) is 3. The standard InChI is InChI=1S/C16H28O3Si3/c1-8-17-22(18-20(4,5)9-2,19-21(6,7)10-3)16-14-12-11-13-15-16/h9-15H,2-3,8H2,1,4-7H3. The van der Waals surface area contributed by atoms with E-state index in [0.29, 0.717) is 6.61 Å². The van der Waals surface area contributed by atoms with E-state index in [1.165, 1.54) is 0 Å². The summed E-state index contributed by atoms with van der Waals surface area (Å²) in [6.45, 7) is 18.8. The minimum Gasteiger partial charge on any atom is -0.409 e. The summed E-state index contributed by atoms with van der Waals surface area (Å²) in [6, 6.07) is 10.0. The zero-order chi connectivity index (χ0) is 16.9. The van der Waals surface area contributed by atoms with Crippen molar-refractivity contribution >= 4 is 30.6 Å². The predicted octanol–water partition coefficient (Wildman–Crippen LogP) is 3.76. The molecule has 122 valence electrons. The third-order valence-corrected chi connectivity index (χ3v) is 13.3. The summed E-state index contributed by atoms with van der Waals surface area (Å²) in [7, 11) is -7.17. The molecule has 0 aliphatic carbocycles. The van der Waals surface area contributed by atoms with E-state index < -0.39 is 25.4 Å². The van der Waals surface area contributed by atoms with Gasteiger partial charge in [0.05, 0.1) is 0 Å². The average molecular weight is 353 g/mol. The van der Waals surface area contributed by atoms with Gasteiger partial charge in [0.15, 0.2) is 0 Å². The van der Waals surface area contributed by atoms with Gasteiger partial charge >= 0.3 is 8.80 Å². The molecule has 0 aliphatic heterocycles. The molecule has 0 heterocycles. The molecule has 0 spiro atoms. The number of hydrogen-bond donors (Lipinski definition) is 0. The molecule has 6 heteroatoms. The van der Waals surface area contributed by atoms with E-state index in [-0.39, 0.29) is 0 Å². The van der Waals surface area contributed by atoms with Gasteiger partial charge < -0.3 is 12.7 Å². The molecule has 0 aliphatic rings. The van der Waals surface area contributed by atoms with Crippen molar-refractivity contribution in [1.82, 2.24) is 0 Å². The number of benzene rings is 1. The number of rotatable bonds is 9. The van der Waals surface area contributed by atoms with E-state index in [0.717, 1.165) is 5.19 Å². The van der Waals surface area contributed by atoms with Crippen LogP contribution in [0.3, 0.4) is 0 Å². The molecule has 0 atom stereocenters. The molecule has 1 rings (SSSR count). The summed E-state index contributed by atoms with van der Waals surface area (Å²) in [4.78, 5) is 0. The second kappa shape index (κ2) is 7.67. The van der Waals surface area contributed by atoms with Gasteiger partial charge in [0.2, 0.25) is 16.6 Å². The second-order valence-electron chi connectivity index (χ2n) is 6.17. The molecule has 22 heavy (non-hydrogen) atoms. The van der Waals surface area contributed by atoms with Crippen molar-refractivity contribution in [3.8, 4) is 0 Å². The van der Waals surface area contributed by atoms with Crippen molar-refractivity contribution in [1.29, 1.82) is 0 Å². The van der Waals surface area contributed by atoms with E-state index in [4.69, 9.17) is 12.7 Å². The van der Waals surface area contributed by atoms with Crippen LogP contribution in [0.15, 0.2) is 54.9 Å².